The molecule has 0 unspecified atom stereocenters. The molecule has 1 N–H and O–H groups in total. The molecule has 0 spiro atoms. The highest BCUT2D eigenvalue weighted by molar-refractivity contribution is 7.88. The van der Waals surface area contributed by atoms with Crippen LogP contribution in [0.4, 0.5) is 0 Å². The zero-order valence-electron chi connectivity index (χ0n) is 11.6. The topological polar surface area (TPSA) is 49.4 Å². The minimum absolute atomic E-state index is 0.0806. The molecule has 1 aromatic rings. The van der Waals surface area contributed by atoms with Crippen molar-refractivity contribution in [3.63, 3.8) is 0 Å². The zero-order chi connectivity index (χ0) is 13.9. The molecule has 0 aromatic heterocycles. The lowest BCUT2D eigenvalue weighted by atomic mass is 10.1. The molecule has 0 saturated carbocycles. The van der Waals surface area contributed by atoms with E-state index in [-0.39, 0.29) is 11.3 Å². The minimum atomic E-state index is -3.27. The predicted octanol–water partition coefficient (Wildman–Crippen LogP) is 1.59. The van der Waals surface area contributed by atoms with E-state index in [1.807, 2.05) is 44.2 Å². The largest absolute Gasteiger partial charge is 0.315 e. The molecule has 2 rings (SSSR count). The molecule has 1 aromatic carbocycles. The molecule has 1 saturated heterocycles. The normalized spacial score (nSPS) is 20.9. The first kappa shape index (κ1) is 14.5. The standard InChI is InChI=1S/C14H22N2O2S/c1-14(2)12-15-9-6-10-16(14)19(17,18)11-13-7-4-3-5-8-13/h3-5,7-8,15H,6,9-12H2,1-2H3. The maximum absolute atomic E-state index is 12.6. The van der Waals surface area contributed by atoms with E-state index in [1.165, 1.54) is 0 Å². The van der Waals surface area contributed by atoms with Crippen LogP contribution in [0.3, 0.4) is 0 Å². The van der Waals surface area contributed by atoms with Gasteiger partial charge in [-0.2, -0.15) is 4.31 Å². The first-order valence-corrected chi connectivity index (χ1v) is 8.28. The van der Waals surface area contributed by atoms with Crippen LogP contribution in [0, 0.1) is 0 Å². The second kappa shape index (κ2) is 5.61. The number of benzene rings is 1. The van der Waals surface area contributed by atoms with E-state index in [1.54, 1.807) is 4.31 Å². The van der Waals surface area contributed by atoms with Crippen LogP contribution in [0.5, 0.6) is 0 Å². The van der Waals surface area contributed by atoms with Crippen molar-refractivity contribution in [2.45, 2.75) is 31.6 Å². The smallest absolute Gasteiger partial charge is 0.218 e. The van der Waals surface area contributed by atoms with Gasteiger partial charge in [0.05, 0.1) is 5.75 Å². The fourth-order valence-corrected chi connectivity index (χ4v) is 4.51. The van der Waals surface area contributed by atoms with Crippen LogP contribution in [-0.2, 0) is 15.8 Å². The zero-order valence-corrected chi connectivity index (χ0v) is 12.4. The number of nitrogens with zero attached hydrogens (tertiary/aromatic N) is 1. The van der Waals surface area contributed by atoms with Gasteiger partial charge < -0.3 is 5.32 Å². The van der Waals surface area contributed by atoms with Gasteiger partial charge in [0.2, 0.25) is 10.0 Å². The Bertz CT molecular complexity index is 512. The van der Waals surface area contributed by atoms with E-state index in [4.69, 9.17) is 0 Å². The van der Waals surface area contributed by atoms with Gasteiger partial charge in [0.15, 0.2) is 0 Å². The number of hydrogen-bond donors (Lipinski definition) is 1. The molecule has 0 radical (unpaired) electrons. The molecular formula is C14H22N2O2S. The molecule has 1 heterocycles. The van der Waals surface area contributed by atoms with Gasteiger partial charge in [-0.15, -0.1) is 0 Å². The Morgan fingerprint density at radius 2 is 1.95 bits per heavy atom. The highest BCUT2D eigenvalue weighted by atomic mass is 32.2. The summed E-state index contributed by atoms with van der Waals surface area (Å²) < 4.78 is 26.9. The molecule has 0 atom stereocenters. The van der Waals surface area contributed by atoms with Gasteiger partial charge in [-0.25, -0.2) is 8.42 Å². The number of nitrogens with one attached hydrogen (secondary N) is 1. The van der Waals surface area contributed by atoms with E-state index in [0.717, 1.165) is 18.5 Å². The Morgan fingerprint density at radius 3 is 2.63 bits per heavy atom. The molecule has 5 heteroatoms. The fourth-order valence-electron chi connectivity index (χ4n) is 2.51. The summed E-state index contributed by atoms with van der Waals surface area (Å²) in [7, 11) is -3.27. The van der Waals surface area contributed by atoms with Gasteiger partial charge in [0.25, 0.3) is 0 Å². The maximum Gasteiger partial charge on any atom is 0.218 e. The predicted molar refractivity (Wildman–Crippen MR) is 77.3 cm³/mol. The minimum Gasteiger partial charge on any atom is -0.315 e. The van der Waals surface area contributed by atoms with Gasteiger partial charge in [-0.1, -0.05) is 30.3 Å². The second-order valence-electron chi connectivity index (χ2n) is 5.66. The second-order valence-corrected chi connectivity index (χ2v) is 7.55. The Hall–Kier alpha value is -0.910. The highest BCUT2D eigenvalue weighted by Crippen LogP contribution is 2.23. The molecule has 1 aliphatic heterocycles. The summed E-state index contributed by atoms with van der Waals surface area (Å²) in [6.07, 6.45) is 0.859. The summed E-state index contributed by atoms with van der Waals surface area (Å²) in [5.74, 6) is 0.0806. The molecule has 0 bridgehead atoms. The van der Waals surface area contributed by atoms with E-state index < -0.39 is 10.0 Å². The van der Waals surface area contributed by atoms with Crippen LogP contribution in [0.1, 0.15) is 25.8 Å². The number of sulfonamides is 1. The van der Waals surface area contributed by atoms with Gasteiger partial charge in [0.1, 0.15) is 0 Å². The Morgan fingerprint density at radius 1 is 1.26 bits per heavy atom. The molecule has 0 amide bonds. The summed E-state index contributed by atoms with van der Waals surface area (Å²) in [4.78, 5) is 0. The average Bonchev–Trinajstić information content (AvgIpc) is 2.51. The monoisotopic (exact) mass is 282 g/mol. The van der Waals surface area contributed by atoms with Crippen LogP contribution < -0.4 is 5.32 Å². The van der Waals surface area contributed by atoms with Crippen molar-refractivity contribution in [3.05, 3.63) is 35.9 Å². The molecular weight excluding hydrogens is 260 g/mol. The van der Waals surface area contributed by atoms with Crippen molar-refractivity contribution < 1.29 is 8.42 Å². The Kier molecular flexibility index (Phi) is 4.28. The maximum atomic E-state index is 12.6. The summed E-state index contributed by atoms with van der Waals surface area (Å²) in [6.45, 7) is 6.12. The first-order valence-electron chi connectivity index (χ1n) is 6.67. The third kappa shape index (κ3) is 3.55. The van der Waals surface area contributed by atoms with Crippen LogP contribution in [0.25, 0.3) is 0 Å². The molecule has 106 valence electrons. The van der Waals surface area contributed by atoms with E-state index >= 15 is 0 Å². The van der Waals surface area contributed by atoms with Crippen LogP contribution in [0.15, 0.2) is 30.3 Å². The van der Waals surface area contributed by atoms with E-state index in [9.17, 15) is 8.42 Å². The number of rotatable bonds is 3. The molecule has 1 aliphatic rings. The lowest BCUT2D eigenvalue weighted by Gasteiger charge is -2.35. The van der Waals surface area contributed by atoms with Crippen molar-refractivity contribution in [2.75, 3.05) is 19.6 Å². The van der Waals surface area contributed by atoms with Gasteiger partial charge in [0, 0.05) is 18.6 Å². The van der Waals surface area contributed by atoms with Crippen LogP contribution in [-0.4, -0.2) is 37.9 Å². The lowest BCUT2D eigenvalue weighted by molar-refractivity contribution is 0.242. The molecule has 1 fully saturated rings. The fraction of sp³-hybridized carbons (Fsp3) is 0.571. The van der Waals surface area contributed by atoms with Gasteiger partial charge >= 0.3 is 0 Å². The SMILES string of the molecule is CC1(C)CNCCCN1S(=O)(=O)Cc1ccccc1. The van der Waals surface area contributed by atoms with Crippen molar-refractivity contribution in [1.82, 2.24) is 9.62 Å². The summed E-state index contributed by atoms with van der Waals surface area (Å²) in [5.41, 5.74) is 0.472. The Balaban J connectivity index is 2.22. The quantitative estimate of drug-likeness (QED) is 0.916. The molecule has 19 heavy (non-hydrogen) atoms. The van der Waals surface area contributed by atoms with E-state index in [0.29, 0.717) is 13.1 Å². The van der Waals surface area contributed by atoms with E-state index in [2.05, 4.69) is 5.32 Å². The average molecular weight is 282 g/mol. The van der Waals surface area contributed by atoms with Crippen LogP contribution in [0.2, 0.25) is 0 Å². The summed E-state index contributed by atoms with van der Waals surface area (Å²) in [6, 6.07) is 9.37. The van der Waals surface area contributed by atoms with Crippen LogP contribution >= 0.6 is 0 Å². The van der Waals surface area contributed by atoms with Gasteiger partial charge in [-0.05, 0) is 32.4 Å². The lowest BCUT2D eigenvalue weighted by Crippen LogP contribution is -2.51. The van der Waals surface area contributed by atoms with Crippen molar-refractivity contribution in [3.8, 4) is 0 Å². The highest BCUT2D eigenvalue weighted by Gasteiger charge is 2.36. The summed E-state index contributed by atoms with van der Waals surface area (Å²) in [5, 5.41) is 3.30. The van der Waals surface area contributed by atoms with Crippen molar-refractivity contribution in [2.24, 2.45) is 0 Å². The third-order valence-corrected chi connectivity index (χ3v) is 5.52. The molecule has 0 aliphatic carbocycles. The summed E-state index contributed by atoms with van der Waals surface area (Å²) >= 11 is 0. The Labute approximate surface area is 115 Å². The van der Waals surface area contributed by atoms with Crippen molar-refractivity contribution >= 4 is 10.0 Å². The third-order valence-electron chi connectivity index (χ3n) is 3.48. The van der Waals surface area contributed by atoms with Crippen molar-refractivity contribution in [1.29, 1.82) is 0 Å². The number of hydrogen-bond acceptors (Lipinski definition) is 3. The first-order chi connectivity index (χ1) is 8.92. The molecule has 4 nitrogen and oxygen atoms in total. The van der Waals surface area contributed by atoms with Gasteiger partial charge in [-0.3, -0.25) is 0 Å².